The number of carbonyl (C=O) groups is 3. The molecule has 1 aromatic heterocycles. The van der Waals surface area contributed by atoms with Crippen molar-refractivity contribution in [1.82, 2.24) is 0 Å². The molecule has 0 spiro atoms. The van der Waals surface area contributed by atoms with Crippen LogP contribution in [0, 0.1) is 13.8 Å². The van der Waals surface area contributed by atoms with Crippen molar-refractivity contribution in [3.63, 3.8) is 0 Å². The highest BCUT2D eigenvalue weighted by Gasteiger charge is 2.22. The molecule has 0 radical (unpaired) electrons. The fourth-order valence-corrected chi connectivity index (χ4v) is 2.93. The van der Waals surface area contributed by atoms with Gasteiger partial charge in [0.15, 0.2) is 11.9 Å². The lowest BCUT2D eigenvalue weighted by Gasteiger charge is -2.14. The predicted molar refractivity (Wildman–Crippen MR) is 114 cm³/mol. The second kappa shape index (κ2) is 8.78. The Morgan fingerprint density at radius 2 is 1.67 bits per heavy atom. The molecule has 0 fully saturated rings. The number of esters is 1. The van der Waals surface area contributed by atoms with Crippen molar-refractivity contribution in [1.29, 1.82) is 0 Å². The highest BCUT2D eigenvalue weighted by molar-refractivity contribution is 5.97. The van der Waals surface area contributed by atoms with Crippen LogP contribution in [-0.4, -0.2) is 23.8 Å². The van der Waals surface area contributed by atoms with Gasteiger partial charge in [-0.1, -0.05) is 42.0 Å². The summed E-state index contributed by atoms with van der Waals surface area (Å²) in [5.74, 6) is -0.735. The Hall–Kier alpha value is -3.67. The van der Waals surface area contributed by atoms with Crippen LogP contribution >= 0.6 is 0 Å². The lowest BCUT2D eigenvalue weighted by atomic mass is 10.1. The molecule has 0 aliphatic carbocycles. The molecule has 0 aliphatic rings. The molecular weight excluding hydrogens is 382 g/mol. The zero-order valence-electron chi connectivity index (χ0n) is 17.3. The first-order valence-corrected chi connectivity index (χ1v) is 9.55. The van der Waals surface area contributed by atoms with Gasteiger partial charge in [-0.3, -0.25) is 9.59 Å². The first-order chi connectivity index (χ1) is 14.2. The Labute approximate surface area is 174 Å². The molecule has 0 saturated carbocycles. The number of ether oxygens (including phenoxy) is 1. The van der Waals surface area contributed by atoms with Crippen molar-refractivity contribution in [3.05, 3.63) is 77.0 Å². The number of carbonyl (C=O) groups excluding carboxylic acids is 3. The van der Waals surface area contributed by atoms with Gasteiger partial charge in [-0.05, 0) is 51.5 Å². The van der Waals surface area contributed by atoms with Crippen LogP contribution in [0.2, 0.25) is 0 Å². The van der Waals surface area contributed by atoms with E-state index in [0.717, 1.165) is 16.7 Å². The summed E-state index contributed by atoms with van der Waals surface area (Å²) in [5.41, 5.74) is 4.00. The maximum absolute atomic E-state index is 12.4. The monoisotopic (exact) mass is 405 g/mol. The number of furan rings is 1. The van der Waals surface area contributed by atoms with Crippen molar-refractivity contribution in [2.24, 2.45) is 0 Å². The Morgan fingerprint density at radius 1 is 0.967 bits per heavy atom. The Kier molecular flexibility index (Phi) is 6.16. The highest BCUT2D eigenvalue weighted by atomic mass is 16.6. The van der Waals surface area contributed by atoms with Gasteiger partial charge in [0.25, 0.3) is 5.91 Å². The van der Waals surface area contributed by atoms with Crippen molar-refractivity contribution >= 4 is 23.3 Å². The Morgan fingerprint density at radius 3 is 2.30 bits per heavy atom. The molecule has 6 heteroatoms. The third-order valence-corrected chi connectivity index (χ3v) is 4.68. The summed E-state index contributed by atoms with van der Waals surface area (Å²) >= 11 is 0. The van der Waals surface area contributed by atoms with Gasteiger partial charge in [0.2, 0.25) is 5.76 Å². The van der Waals surface area contributed by atoms with Gasteiger partial charge >= 0.3 is 5.97 Å². The molecule has 6 nitrogen and oxygen atoms in total. The zero-order valence-corrected chi connectivity index (χ0v) is 17.3. The standard InChI is InChI=1S/C24H23NO5/c1-14-5-10-20(15(2)13-14)25-23(27)17(4)29-24(28)22-12-11-21(30-22)19-8-6-18(7-9-19)16(3)26/h5-13,17H,1-4H3,(H,25,27)/t17-/m0/s1. The van der Waals surface area contributed by atoms with Gasteiger partial charge in [-0.15, -0.1) is 0 Å². The summed E-state index contributed by atoms with van der Waals surface area (Å²) in [6.45, 7) is 6.86. The smallest absolute Gasteiger partial charge is 0.375 e. The average molecular weight is 405 g/mol. The second-order valence-corrected chi connectivity index (χ2v) is 7.15. The van der Waals surface area contributed by atoms with Gasteiger partial charge < -0.3 is 14.5 Å². The van der Waals surface area contributed by atoms with E-state index in [1.807, 2.05) is 32.0 Å². The van der Waals surface area contributed by atoms with Crippen LogP contribution in [-0.2, 0) is 9.53 Å². The van der Waals surface area contributed by atoms with Crippen LogP contribution in [0.15, 0.2) is 59.0 Å². The second-order valence-electron chi connectivity index (χ2n) is 7.15. The molecule has 1 atom stereocenters. The van der Waals surface area contributed by atoms with Crippen LogP contribution in [0.3, 0.4) is 0 Å². The molecule has 0 unspecified atom stereocenters. The molecule has 2 aromatic carbocycles. The van der Waals surface area contributed by atoms with Crippen molar-refractivity contribution in [2.75, 3.05) is 5.32 Å². The largest absolute Gasteiger partial charge is 0.449 e. The molecule has 154 valence electrons. The third-order valence-electron chi connectivity index (χ3n) is 4.68. The average Bonchev–Trinajstić information content (AvgIpc) is 3.20. The number of amides is 1. The van der Waals surface area contributed by atoms with Crippen LogP contribution in [0.4, 0.5) is 5.69 Å². The number of Topliss-reactive ketones (excluding diaryl/α,β-unsaturated/α-hetero) is 1. The lowest BCUT2D eigenvalue weighted by Crippen LogP contribution is -2.30. The van der Waals surface area contributed by atoms with Gasteiger partial charge in [0.1, 0.15) is 5.76 Å². The first kappa shape index (κ1) is 21.0. The highest BCUT2D eigenvalue weighted by Crippen LogP contribution is 2.23. The molecule has 1 N–H and O–H groups in total. The summed E-state index contributed by atoms with van der Waals surface area (Å²) in [4.78, 5) is 36.1. The van der Waals surface area contributed by atoms with E-state index in [1.165, 1.54) is 19.9 Å². The number of aryl methyl sites for hydroxylation is 2. The van der Waals surface area contributed by atoms with Gasteiger partial charge in [0, 0.05) is 16.8 Å². The Bertz CT molecular complexity index is 1100. The molecule has 0 saturated heterocycles. The van der Waals surface area contributed by atoms with Crippen molar-refractivity contribution in [3.8, 4) is 11.3 Å². The summed E-state index contributed by atoms with van der Waals surface area (Å²) in [6.07, 6.45) is -0.999. The van der Waals surface area contributed by atoms with E-state index in [0.29, 0.717) is 17.0 Å². The van der Waals surface area contributed by atoms with Gasteiger partial charge in [-0.2, -0.15) is 0 Å². The Balaban J connectivity index is 1.64. The fourth-order valence-electron chi connectivity index (χ4n) is 2.93. The van der Waals surface area contributed by atoms with E-state index >= 15 is 0 Å². The van der Waals surface area contributed by atoms with E-state index in [9.17, 15) is 14.4 Å². The van der Waals surface area contributed by atoms with Crippen LogP contribution < -0.4 is 5.32 Å². The van der Waals surface area contributed by atoms with Crippen LogP contribution in [0.1, 0.15) is 45.9 Å². The third kappa shape index (κ3) is 4.84. The number of benzene rings is 2. The molecule has 1 amide bonds. The number of hydrogen-bond acceptors (Lipinski definition) is 5. The first-order valence-electron chi connectivity index (χ1n) is 9.55. The number of hydrogen-bond donors (Lipinski definition) is 1. The molecule has 0 aliphatic heterocycles. The zero-order chi connectivity index (χ0) is 21.8. The summed E-state index contributed by atoms with van der Waals surface area (Å²) in [7, 11) is 0. The minimum absolute atomic E-state index is 0.00758. The van der Waals surface area contributed by atoms with E-state index in [1.54, 1.807) is 30.3 Å². The van der Waals surface area contributed by atoms with Gasteiger partial charge in [0.05, 0.1) is 0 Å². The SMILES string of the molecule is CC(=O)c1ccc(-c2ccc(C(=O)O[C@@H](C)C(=O)Nc3ccc(C)cc3C)o2)cc1. The quantitative estimate of drug-likeness (QED) is 0.463. The molecule has 3 rings (SSSR count). The number of anilines is 1. The van der Waals surface area contributed by atoms with Crippen LogP contribution in [0.5, 0.6) is 0 Å². The topological polar surface area (TPSA) is 85.6 Å². The summed E-state index contributed by atoms with van der Waals surface area (Å²) < 4.78 is 10.8. The summed E-state index contributed by atoms with van der Waals surface area (Å²) in [5, 5.41) is 2.77. The van der Waals surface area contributed by atoms with Crippen LogP contribution in [0.25, 0.3) is 11.3 Å². The normalized spacial score (nSPS) is 11.6. The van der Waals surface area contributed by atoms with Gasteiger partial charge in [-0.25, -0.2) is 4.79 Å². The molecular formula is C24H23NO5. The molecule has 3 aromatic rings. The predicted octanol–water partition coefficient (Wildman–Crippen LogP) is 4.95. The fraction of sp³-hybridized carbons (Fsp3) is 0.208. The molecule has 0 bridgehead atoms. The van der Waals surface area contributed by atoms with E-state index in [4.69, 9.17) is 9.15 Å². The maximum atomic E-state index is 12.4. The van der Waals surface area contributed by atoms with Crippen molar-refractivity contribution < 1.29 is 23.5 Å². The van der Waals surface area contributed by atoms with E-state index in [2.05, 4.69) is 5.32 Å². The number of ketones is 1. The minimum atomic E-state index is -0.999. The molecule has 1 heterocycles. The van der Waals surface area contributed by atoms with Crippen molar-refractivity contribution in [2.45, 2.75) is 33.8 Å². The lowest BCUT2D eigenvalue weighted by molar-refractivity contribution is -0.123. The summed E-state index contributed by atoms with van der Waals surface area (Å²) in [6, 6.07) is 15.7. The molecule has 30 heavy (non-hydrogen) atoms. The number of nitrogens with one attached hydrogen (secondary N) is 1. The maximum Gasteiger partial charge on any atom is 0.375 e. The van der Waals surface area contributed by atoms with E-state index < -0.39 is 18.0 Å². The minimum Gasteiger partial charge on any atom is -0.449 e. The number of rotatable bonds is 6. The van der Waals surface area contributed by atoms with E-state index in [-0.39, 0.29) is 11.5 Å².